The molecule has 25 heavy (non-hydrogen) atoms. The van der Waals surface area contributed by atoms with Gasteiger partial charge in [-0.25, -0.2) is 0 Å². The molecule has 0 spiro atoms. The zero-order valence-electron chi connectivity index (χ0n) is 13.9. The van der Waals surface area contributed by atoms with Crippen molar-refractivity contribution in [3.63, 3.8) is 0 Å². The minimum absolute atomic E-state index is 0.154. The van der Waals surface area contributed by atoms with Crippen LogP contribution in [0.4, 0.5) is 11.4 Å². The number of carbonyl (C=O) groups is 1. The molecule has 0 unspecified atom stereocenters. The maximum absolute atomic E-state index is 12.2. The largest absolute Gasteiger partial charge is 0.497 e. The molecule has 0 aliphatic heterocycles. The van der Waals surface area contributed by atoms with Gasteiger partial charge < -0.3 is 15.4 Å². The van der Waals surface area contributed by atoms with Gasteiger partial charge in [-0.1, -0.05) is 6.07 Å². The predicted octanol–water partition coefficient (Wildman–Crippen LogP) is 3.95. The number of pyridine rings is 1. The van der Waals surface area contributed by atoms with Crippen molar-refractivity contribution in [2.24, 2.45) is 0 Å². The number of carbonyl (C=O) groups excluding carboxylic acids is 1. The van der Waals surface area contributed by atoms with Crippen LogP contribution in [-0.4, -0.2) is 18.0 Å². The van der Waals surface area contributed by atoms with Gasteiger partial charge in [0.1, 0.15) is 5.75 Å². The first-order valence-corrected chi connectivity index (χ1v) is 7.93. The molecular formula is C20H19N3O2. The molecule has 5 heteroatoms. The van der Waals surface area contributed by atoms with Gasteiger partial charge in [0.15, 0.2) is 0 Å². The normalized spacial score (nSPS) is 10.1. The van der Waals surface area contributed by atoms with E-state index < -0.39 is 0 Å². The number of rotatable bonds is 6. The summed E-state index contributed by atoms with van der Waals surface area (Å²) < 4.78 is 5.09. The Bertz CT molecular complexity index is 816. The van der Waals surface area contributed by atoms with Crippen LogP contribution >= 0.6 is 0 Å². The number of hydrogen-bond acceptors (Lipinski definition) is 4. The predicted molar refractivity (Wildman–Crippen MR) is 99.0 cm³/mol. The topological polar surface area (TPSA) is 63.2 Å². The first kappa shape index (κ1) is 16.5. The van der Waals surface area contributed by atoms with Crippen LogP contribution in [0.1, 0.15) is 15.9 Å². The van der Waals surface area contributed by atoms with E-state index in [9.17, 15) is 4.79 Å². The summed E-state index contributed by atoms with van der Waals surface area (Å²) in [7, 11) is 1.60. The summed E-state index contributed by atoms with van der Waals surface area (Å²) in [6.07, 6.45) is 3.58. The Morgan fingerprint density at radius 1 is 1.00 bits per heavy atom. The van der Waals surface area contributed by atoms with Crippen molar-refractivity contribution in [2.75, 3.05) is 17.7 Å². The fourth-order valence-electron chi connectivity index (χ4n) is 2.32. The zero-order chi connectivity index (χ0) is 17.5. The molecule has 3 aromatic rings. The molecule has 0 fully saturated rings. The van der Waals surface area contributed by atoms with Gasteiger partial charge in [-0.05, 0) is 60.2 Å². The Hall–Kier alpha value is -3.34. The number of aromatic nitrogens is 1. The summed E-state index contributed by atoms with van der Waals surface area (Å²) in [5, 5.41) is 6.20. The number of nitrogens with zero attached hydrogens (tertiary/aromatic N) is 1. The SMILES string of the molecule is COc1ccc(C(=O)Nc2ccc(NCc3cccnc3)cc2)cc1. The maximum Gasteiger partial charge on any atom is 0.255 e. The standard InChI is InChI=1S/C20H19N3O2/c1-25-19-10-4-16(5-11-19)20(24)23-18-8-6-17(7-9-18)22-14-15-3-2-12-21-13-15/h2-13,22H,14H2,1H3,(H,23,24). The van der Waals surface area contributed by atoms with E-state index in [4.69, 9.17) is 4.74 Å². The summed E-state index contributed by atoms with van der Waals surface area (Å²) in [4.78, 5) is 16.3. The lowest BCUT2D eigenvalue weighted by molar-refractivity contribution is 0.102. The molecule has 0 aliphatic carbocycles. The van der Waals surface area contributed by atoms with E-state index in [0.717, 1.165) is 22.7 Å². The van der Waals surface area contributed by atoms with Crippen molar-refractivity contribution < 1.29 is 9.53 Å². The van der Waals surface area contributed by atoms with E-state index in [0.29, 0.717) is 12.1 Å². The highest BCUT2D eigenvalue weighted by molar-refractivity contribution is 6.04. The van der Waals surface area contributed by atoms with Crippen LogP contribution < -0.4 is 15.4 Å². The Kier molecular flexibility index (Phi) is 5.26. The van der Waals surface area contributed by atoms with Crippen molar-refractivity contribution in [3.8, 4) is 5.75 Å². The smallest absolute Gasteiger partial charge is 0.255 e. The van der Waals surface area contributed by atoms with E-state index in [1.54, 1.807) is 37.6 Å². The minimum Gasteiger partial charge on any atom is -0.497 e. The molecule has 2 aromatic carbocycles. The first-order valence-electron chi connectivity index (χ1n) is 7.93. The molecule has 3 rings (SSSR count). The van der Waals surface area contributed by atoms with E-state index in [1.807, 2.05) is 42.6 Å². The number of nitrogens with one attached hydrogen (secondary N) is 2. The minimum atomic E-state index is -0.154. The van der Waals surface area contributed by atoms with Gasteiger partial charge in [-0.2, -0.15) is 0 Å². The monoisotopic (exact) mass is 333 g/mol. The van der Waals surface area contributed by atoms with Crippen LogP contribution in [0, 0.1) is 0 Å². The van der Waals surface area contributed by atoms with Gasteiger partial charge in [-0.3, -0.25) is 9.78 Å². The van der Waals surface area contributed by atoms with Gasteiger partial charge in [0.2, 0.25) is 0 Å². The fourth-order valence-corrected chi connectivity index (χ4v) is 2.32. The van der Waals surface area contributed by atoms with Crippen LogP contribution in [0.2, 0.25) is 0 Å². The third kappa shape index (κ3) is 4.57. The molecule has 0 atom stereocenters. The second-order valence-electron chi connectivity index (χ2n) is 5.47. The maximum atomic E-state index is 12.2. The molecule has 1 aromatic heterocycles. The summed E-state index contributed by atoms with van der Waals surface area (Å²) in [5.41, 5.74) is 3.41. The van der Waals surface area contributed by atoms with Crippen molar-refractivity contribution in [1.82, 2.24) is 4.98 Å². The van der Waals surface area contributed by atoms with Gasteiger partial charge in [-0.15, -0.1) is 0 Å². The molecule has 0 saturated carbocycles. The lowest BCUT2D eigenvalue weighted by Crippen LogP contribution is -2.11. The second kappa shape index (κ2) is 7.97. The van der Waals surface area contributed by atoms with Crippen LogP contribution in [0.25, 0.3) is 0 Å². The Morgan fingerprint density at radius 3 is 2.36 bits per heavy atom. The molecule has 1 amide bonds. The molecule has 0 saturated heterocycles. The number of hydrogen-bond donors (Lipinski definition) is 2. The van der Waals surface area contributed by atoms with Crippen LogP contribution in [0.3, 0.4) is 0 Å². The van der Waals surface area contributed by atoms with Crippen molar-refractivity contribution in [1.29, 1.82) is 0 Å². The lowest BCUT2D eigenvalue weighted by atomic mass is 10.2. The Labute approximate surface area is 146 Å². The van der Waals surface area contributed by atoms with E-state index in [2.05, 4.69) is 15.6 Å². The number of benzene rings is 2. The molecule has 0 bridgehead atoms. The first-order chi connectivity index (χ1) is 12.2. The number of amides is 1. The van der Waals surface area contributed by atoms with Crippen LogP contribution in [-0.2, 0) is 6.54 Å². The number of ether oxygens (including phenoxy) is 1. The van der Waals surface area contributed by atoms with E-state index in [1.165, 1.54) is 0 Å². The van der Waals surface area contributed by atoms with E-state index >= 15 is 0 Å². The third-order valence-corrected chi connectivity index (χ3v) is 3.71. The molecule has 5 nitrogen and oxygen atoms in total. The molecule has 0 radical (unpaired) electrons. The summed E-state index contributed by atoms with van der Waals surface area (Å²) in [5.74, 6) is 0.569. The summed E-state index contributed by atoms with van der Waals surface area (Å²) in [6.45, 7) is 0.700. The van der Waals surface area contributed by atoms with Gasteiger partial charge in [0.25, 0.3) is 5.91 Å². The number of methoxy groups -OCH3 is 1. The highest BCUT2D eigenvalue weighted by atomic mass is 16.5. The summed E-state index contributed by atoms with van der Waals surface area (Å²) >= 11 is 0. The second-order valence-corrected chi connectivity index (χ2v) is 5.47. The van der Waals surface area contributed by atoms with Gasteiger partial charge in [0, 0.05) is 35.9 Å². The van der Waals surface area contributed by atoms with Crippen molar-refractivity contribution in [3.05, 3.63) is 84.2 Å². The molecular weight excluding hydrogens is 314 g/mol. The van der Waals surface area contributed by atoms with Crippen molar-refractivity contribution in [2.45, 2.75) is 6.54 Å². The van der Waals surface area contributed by atoms with Crippen LogP contribution in [0.15, 0.2) is 73.1 Å². The quantitative estimate of drug-likeness (QED) is 0.717. The fraction of sp³-hybridized carbons (Fsp3) is 0.100. The Morgan fingerprint density at radius 2 is 1.72 bits per heavy atom. The van der Waals surface area contributed by atoms with Gasteiger partial charge >= 0.3 is 0 Å². The van der Waals surface area contributed by atoms with Gasteiger partial charge in [0.05, 0.1) is 7.11 Å². The number of anilines is 2. The lowest BCUT2D eigenvalue weighted by Gasteiger charge is -2.09. The average molecular weight is 333 g/mol. The third-order valence-electron chi connectivity index (χ3n) is 3.71. The summed E-state index contributed by atoms with van der Waals surface area (Å²) in [6, 6.07) is 18.5. The molecule has 1 heterocycles. The highest BCUT2D eigenvalue weighted by Gasteiger charge is 2.06. The average Bonchev–Trinajstić information content (AvgIpc) is 2.68. The highest BCUT2D eigenvalue weighted by Crippen LogP contribution is 2.17. The molecule has 2 N–H and O–H groups in total. The van der Waals surface area contributed by atoms with E-state index in [-0.39, 0.29) is 5.91 Å². The van der Waals surface area contributed by atoms with Crippen molar-refractivity contribution >= 4 is 17.3 Å². The Balaban J connectivity index is 1.57. The zero-order valence-corrected chi connectivity index (χ0v) is 13.9. The van der Waals surface area contributed by atoms with Crippen LogP contribution in [0.5, 0.6) is 5.75 Å². The molecule has 126 valence electrons. The molecule has 0 aliphatic rings.